The van der Waals surface area contributed by atoms with Gasteiger partial charge >= 0.3 is 0 Å². The molecule has 1 aliphatic rings. The lowest BCUT2D eigenvalue weighted by Crippen LogP contribution is -2.10. The van der Waals surface area contributed by atoms with Gasteiger partial charge in [-0.2, -0.15) is 0 Å². The topological polar surface area (TPSA) is 17.3 Å². The van der Waals surface area contributed by atoms with Crippen molar-refractivity contribution in [1.82, 2.24) is 4.57 Å². The lowest BCUT2D eigenvalue weighted by Gasteiger charge is -2.15. The summed E-state index contributed by atoms with van der Waals surface area (Å²) in [5, 5.41) is 0. The predicted octanol–water partition coefficient (Wildman–Crippen LogP) is 1.56. The van der Waals surface area contributed by atoms with E-state index >= 15 is 0 Å². The molecule has 0 bridgehead atoms. The average Bonchev–Trinajstić information content (AvgIpc) is 2.34. The lowest BCUT2D eigenvalue weighted by molar-refractivity contribution is 0.687. The third-order valence-corrected chi connectivity index (χ3v) is 2.23. The molecule has 2 rings (SSSR count). The van der Waals surface area contributed by atoms with Crippen molar-refractivity contribution in [3.8, 4) is 0 Å². The van der Waals surface area contributed by atoms with Crippen molar-refractivity contribution in [2.75, 3.05) is 6.54 Å². The SMILES string of the molecule is CC1CN=Cc2ccn(C)c21. The van der Waals surface area contributed by atoms with Gasteiger partial charge in [0.15, 0.2) is 0 Å². The molecule has 1 unspecified atom stereocenters. The van der Waals surface area contributed by atoms with E-state index in [0.717, 1.165) is 6.54 Å². The van der Waals surface area contributed by atoms with Crippen molar-refractivity contribution < 1.29 is 0 Å². The van der Waals surface area contributed by atoms with Crippen LogP contribution < -0.4 is 0 Å². The molecular weight excluding hydrogens is 136 g/mol. The highest BCUT2D eigenvalue weighted by Crippen LogP contribution is 2.22. The van der Waals surface area contributed by atoms with Gasteiger partial charge in [-0.3, -0.25) is 4.99 Å². The van der Waals surface area contributed by atoms with Gasteiger partial charge in [0.05, 0.1) is 0 Å². The van der Waals surface area contributed by atoms with Crippen LogP contribution in [0.1, 0.15) is 24.1 Å². The van der Waals surface area contributed by atoms with Crippen LogP contribution in [0.25, 0.3) is 0 Å². The van der Waals surface area contributed by atoms with Crippen LogP contribution >= 0.6 is 0 Å². The molecule has 1 aliphatic heterocycles. The molecule has 11 heavy (non-hydrogen) atoms. The van der Waals surface area contributed by atoms with Crippen LogP contribution in [0, 0.1) is 0 Å². The number of aliphatic imine (C=N–C) groups is 1. The minimum absolute atomic E-state index is 0.579. The average molecular weight is 148 g/mol. The van der Waals surface area contributed by atoms with Crippen molar-refractivity contribution in [1.29, 1.82) is 0 Å². The zero-order valence-electron chi connectivity index (χ0n) is 6.91. The Balaban J connectivity index is 2.58. The summed E-state index contributed by atoms with van der Waals surface area (Å²) in [5.41, 5.74) is 2.70. The Labute approximate surface area is 66.6 Å². The van der Waals surface area contributed by atoms with Crippen LogP contribution in [0.4, 0.5) is 0 Å². The molecular formula is C9H12N2. The zero-order valence-corrected chi connectivity index (χ0v) is 6.91. The molecule has 0 N–H and O–H groups in total. The number of hydrogen-bond donors (Lipinski definition) is 0. The zero-order chi connectivity index (χ0) is 7.84. The Hall–Kier alpha value is -1.05. The second kappa shape index (κ2) is 2.22. The molecule has 1 aromatic heterocycles. The van der Waals surface area contributed by atoms with Crippen LogP contribution in [0.2, 0.25) is 0 Å². The highest BCUT2D eigenvalue weighted by molar-refractivity contribution is 5.82. The van der Waals surface area contributed by atoms with Gasteiger partial charge in [0, 0.05) is 43.2 Å². The van der Waals surface area contributed by atoms with E-state index in [1.165, 1.54) is 11.3 Å². The molecule has 0 amide bonds. The summed E-state index contributed by atoms with van der Waals surface area (Å²) in [4.78, 5) is 4.27. The molecule has 0 saturated heterocycles. The van der Waals surface area contributed by atoms with Gasteiger partial charge in [0.1, 0.15) is 0 Å². The van der Waals surface area contributed by atoms with E-state index in [2.05, 4.69) is 35.8 Å². The Bertz CT molecular complexity index is 297. The smallest absolute Gasteiger partial charge is 0.0470 e. The first-order valence-electron chi connectivity index (χ1n) is 3.94. The summed E-state index contributed by atoms with van der Waals surface area (Å²) < 4.78 is 2.19. The summed E-state index contributed by atoms with van der Waals surface area (Å²) in [6.07, 6.45) is 4.06. The standard InChI is InChI=1S/C9H12N2/c1-7-5-10-6-8-3-4-11(2)9(7)8/h3-4,6-7H,5H2,1-2H3. The maximum Gasteiger partial charge on any atom is 0.0470 e. The number of nitrogens with zero attached hydrogens (tertiary/aromatic N) is 2. The Morgan fingerprint density at radius 1 is 1.64 bits per heavy atom. The minimum atomic E-state index is 0.579. The van der Waals surface area contributed by atoms with Gasteiger partial charge in [-0.15, -0.1) is 0 Å². The van der Waals surface area contributed by atoms with Crippen molar-refractivity contribution in [2.24, 2.45) is 12.0 Å². The Kier molecular flexibility index (Phi) is 1.34. The first kappa shape index (κ1) is 6.65. The van der Waals surface area contributed by atoms with Crippen LogP contribution in [-0.4, -0.2) is 17.3 Å². The van der Waals surface area contributed by atoms with E-state index in [-0.39, 0.29) is 0 Å². The minimum Gasteiger partial charge on any atom is -0.354 e. The number of rotatable bonds is 0. The molecule has 2 nitrogen and oxygen atoms in total. The summed E-state index contributed by atoms with van der Waals surface area (Å²) in [7, 11) is 2.09. The van der Waals surface area contributed by atoms with E-state index in [1.54, 1.807) is 0 Å². The predicted molar refractivity (Wildman–Crippen MR) is 46.3 cm³/mol. The molecule has 2 heterocycles. The fraction of sp³-hybridized carbons (Fsp3) is 0.444. The highest BCUT2D eigenvalue weighted by Gasteiger charge is 2.15. The Morgan fingerprint density at radius 3 is 3.18 bits per heavy atom. The van der Waals surface area contributed by atoms with Crippen LogP contribution in [-0.2, 0) is 7.05 Å². The molecule has 0 aliphatic carbocycles. The highest BCUT2D eigenvalue weighted by atomic mass is 14.9. The van der Waals surface area contributed by atoms with E-state index in [0.29, 0.717) is 5.92 Å². The third-order valence-electron chi connectivity index (χ3n) is 2.23. The molecule has 2 heteroatoms. The first-order chi connectivity index (χ1) is 5.29. The van der Waals surface area contributed by atoms with Crippen molar-refractivity contribution in [2.45, 2.75) is 12.8 Å². The number of fused-ring (bicyclic) bond motifs is 1. The maximum absolute atomic E-state index is 4.27. The third kappa shape index (κ3) is 0.897. The fourth-order valence-electron chi connectivity index (χ4n) is 1.70. The van der Waals surface area contributed by atoms with E-state index in [9.17, 15) is 0 Å². The second-order valence-corrected chi connectivity index (χ2v) is 3.16. The van der Waals surface area contributed by atoms with Crippen molar-refractivity contribution >= 4 is 6.21 Å². The molecule has 58 valence electrons. The molecule has 0 radical (unpaired) electrons. The molecule has 1 aromatic rings. The van der Waals surface area contributed by atoms with Crippen LogP contribution in [0.3, 0.4) is 0 Å². The summed E-state index contributed by atoms with van der Waals surface area (Å²) >= 11 is 0. The van der Waals surface area contributed by atoms with Gasteiger partial charge in [-0.25, -0.2) is 0 Å². The van der Waals surface area contributed by atoms with Crippen LogP contribution in [0.15, 0.2) is 17.3 Å². The summed E-state index contributed by atoms with van der Waals surface area (Å²) in [5.74, 6) is 0.579. The number of aryl methyl sites for hydroxylation is 1. The normalized spacial score (nSPS) is 21.8. The summed E-state index contributed by atoms with van der Waals surface area (Å²) in [6.45, 7) is 3.15. The van der Waals surface area contributed by atoms with E-state index in [4.69, 9.17) is 0 Å². The monoisotopic (exact) mass is 148 g/mol. The summed E-state index contributed by atoms with van der Waals surface area (Å²) in [6, 6.07) is 2.12. The van der Waals surface area contributed by atoms with Gasteiger partial charge in [0.25, 0.3) is 0 Å². The van der Waals surface area contributed by atoms with E-state index < -0.39 is 0 Å². The second-order valence-electron chi connectivity index (χ2n) is 3.16. The fourth-order valence-corrected chi connectivity index (χ4v) is 1.70. The first-order valence-corrected chi connectivity index (χ1v) is 3.94. The van der Waals surface area contributed by atoms with Gasteiger partial charge in [-0.05, 0) is 6.07 Å². The van der Waals surface area contributed by atoms with Gasteiger partial charge in [-0.1, -0.05) is 6.92 Å². The van der Waals surface area contributed by atoms with Crippen LogP contribution in [0.5, 0.6) is 0 Å². The molecule has 0 fully saturated rings. The van der Waals surface area contributed by atoms with Crippen molar-refractivity contribution in [3.05, 3.63) is 23.5 Å². The molecule has 0 aromatic carbocycles. The number of aromatic nitrogens is 1. The van der Waals surface area contributed by atoms with E-state index in [1.807, 2.05) is 6.21 Å². The maximum atomic E-state index is 4.27. The molecule has 1 atom stereocenters. The number of hydrogen-bond acceptors (Lipinski definition) is 1. The molecule has 0 spiro atoms. The lowest BCUT2D eigenvalue weighted by atomic mass is 10.0. The molecule has 0 saturated carbocycles. The quantitative estimate of drug-likeness (QED) is 0.531. The van der Waals surface area contributed by atoms with Gasteiger partial charge < -0.3 is 4.57 Å². The van der Waals surface area contributed by atoms with Crippen molar-refractivity contribution in [3.63, 3.8) is 0 Å². The largest absolute Gasteiger partial charge is 0.354 e. The van der Waals surface area contributed by atoms with Gasteiger partial charge in [0.2, 0.25) is 0 Å². The Morgan fingerprint density at radius 2 is 2.45 bits per heavy atom.